The van der Waals surface area contributed by atoms with Crippen LogP contribution in [0.25, 0.3) is 0 Å². The van der Waals surface area contributed by atoms with Gasteiger partial charge in [0.15, 0.2) is 0 Å². The van der Waals surface area contributed by atoms with E-state index in [1.807, 2.05) is 25.3 Å². The lowest BCUT2D eigenvalue weighted by Gasteiger charge is -2.12. The summed E-state index contributed by atoms with van der Waals surface area (Å²) in [5.41, 5.74) is 2.45. The lowest BCUT2D eigenvalue weighted by molar-refractivity contribution is 1.06. The first-order valence-electron chi connectivity index (χ1n) is 4.34. The minimum atomic E-state index is 1.19. The van der Waals surface area contributed by atoms with Gasteiger partial charge in [-0.1, -0.05) is 30.0 Å². The van der Waals surface area contributed by atoms with Gasteiger partial charge in [-0.05, 0) is 31.8 Å². The zero-order valence-electron chi connectivity index (χ0n) is 8.29. The van der Waals surface area contributed by atoms with Crippen molar-refractivity contribution in [2.75, 3.05) is 0 Å². The molecule has 2 heteroatoms. The lowest BCUT2D eigenvalue weighted by atomic mass is 10.2. The maximum atomic E-state index is 3.25. The highest BCUT2D eigenvalue weighted by atomic mass is 32.2. The molecule has 1 aliphatic rings. The second-order valence-electron chi connectivity index (χ2n) is 2.92. The minimum Gasteiger partial charge on any atom is -0.360 e. The van der Waals surface area contributed by atoms with Gasteiger partial charge in [-0.2, -0.15) is 0 Å². The van der Waals surface area contributed by atoms with Crippen molar-refractivity contribution >= 4 is 11.8 Å². The number of rotatable bonds is 2. The Balaban J connectivity index is 2.65. The van der Waals surface area contributed by atoms with E-state index in [-0.39, 0.29) is 0 Å². The molecule has 0 unspecified atom stereocenters. The van der Waals surface area contributed by atoms with E-state index in [1.54, 1.807) is 11.8 Å². The van der Waals surface area contributed by atoms with E-state index >= 15 is 0 Å². The monoisotopic (exact) mass is 193 g/mol. The molecule has 1 rings (SSSR count). The van der Waals surface area contributed by atoms with Crippen LogP contribution >= 0.6 is 11.8 Å². The van der Waals surface area contributed by atoms with Crippen LogP contribution in [0.3, 0.4) is 0 Å². The highest BCUT2D eigenvalue weighted by Crippen LogP contribution is 2.23. The van der Waals surface area contributed by atoms with Crippen molar-refractivity contribution in [1.82, 2.24) is 5.32 Å². The third-order valence-corrected chi connectivity index (χ3v) is 2.60. The molecule has 0 aliphatic carbocycles. The zero-order valence-corrected chi connectivity index (χ0v) is 9.11. The molecule has 0 aromatic carbocycles. The Morgan fingerprint density at radius 2 is 2.31 bits per heavy atom. The summed E-state index contributed by atoms with van der Waals surface area (Å²) in [4.78, 5) is 1.29. The van der Waals surface area contributed by atoms with Crippen molar-refractivity contribution in [2.24, 2.45) is 0 Å². The highest BCUT2D eigenvalue weighted by Gasteiger charge is 2.02. The van der Waals surface area contributed by atoms with Gasteiger partial charge in [0, 0.05) is 16.8 Å². The Morgan fingerprint density at radius 1 is 1.54 bits per heavy atom. The number of nitrogens with one attached hydrogen (secondary N) is 1. The fourth-order valence-corrected chi connectivity index (χ4v) is 1.62. The maximum Gasteiger partial charge on any atom is 0.0477 e. The van der Waals surface area contributed by atoms with E-state index < -0.39 is 0 Å². The van der Waals surface area contributed by atoms with Crippen LogP contribution in [-0.4, -0.2) is 0 Å². The largest absolute Gasteiger partial charge is 0.360 e. The van der Waals surface area contributed by atoms with Gasteiger partial charge in [0.05, 0.1) is 0 Å². The molecular formula is C11H15NS. The van der Waals surface area contributed by atoms with Crippen LogP contribution < -0.4 is 5.32 Å². The van der Waals surface area contributed by atoms with Crippen molar-refractivity contribution < 1.29 is 0 Å². The van der Waals surface area contributed by atoms with Gasteiger partial charge in [-0.15, -0.1) is 0 Å². The van der Waals surface area contributed by atoms with Crippen LogP contribution in [0.15, 0.2) is 46.0 Å². The molecule has 0 amide bonds. The molecular weight excluding hydrogens is 178 g/mol. The summed E-state index contributed by atoms with van der Waals surface area (Å²) in [5, 5.41) is 5.40. The van der Waals surface area contributed by atoms with Crippen molar-refractivity contribution in [1.29, 1.82) is 0 Å². The highest BCUT2D eigenvalue weighted by molar-refractivity contribution is 8.05. The van der Waals surface area contributed by atoms with Crippen LogP contribution in [0.1, 0.15) is 20.8 Å². The summed E-state index contributed by atoms with van der Waals surface area (Å²) in [6, 6.07) is 0. The van der Waals surface area contributed by atoms with Gasteiger partial charge in [-0.3, -0.25) is 0 Å². The first-order valence-corrected chi connectivity index (χ1v) is 5.22. The van der Waals surface area contributed by atoms with E-state index in [4.69, 9.17) is 0 Å². The van der Waals surface area contributed by atoms with Crippen molar-refractivity contribution in [3.8, 4) is 0 Å². The molecule has 0 spiro atoms. The molecule has 1 heterocycles. The molecule has 70 valence electrons. The topological polar surface area (TPSA) is 12.0 Å². The Kier molecular flexibility index (Phi) is 3.90. The SMILES string of the molecule is C/C=C\C=C(/C)C1=CSC(C)=CN1. The summed E-state index contributed by atoms with van der Waals surface area (Å²) in [7, 11) is 0. The van der Waals surface area contributed by atoms with Gasteiger partial charge in [-0.25, -0.2) is 0 Å². The number of thioether (sulfide) groups is 1. The van der Waals surface area contributed by atoms with Crippen LogP contribution in [0.4, 0.5) is 0 Å². The third kappa shape index (κ3) is 3.15. The lowest BCUT2D eigenvalue weighted by Crippen LogP contribution is -2.08. The van der Waals surface area contributed by atoms with Gasteiger partial charge >= 0.3 is 0 Å². The standard InChI is InChI=1S/C11H15NS/c1-4-5-6-9(2)11-8-13-10(3)7-12-11/h4-8,12H,1-3H3/b5-4-,9-6+. The molecule has 0 fully saturated rings. The van der Waals surface area contributed by atoms with Gasteiger partial charge in [0.25, 0.3) is 0 Å². The Bertz CT molecular complexity index is 295. The summed E-state index contributed by atoms with van der Waals surface area (Å²) in [5.74, 6) is 0. The summed E-state index contributed by atoms with van der Waals surface area (Å²) in [6.45, 7) is 6.22. The quantitative estimate of drug-likeness (QED) is 0.673. The molecule has 0 saturated carbocycles. The van der Waals surface area contributed by atoms with E-state index in [9.17, 15) is 0 Å². The molecule has 0 bridgehead atoms. The van der Waals surface area contributed by atoms with Crippen molar-refractivity contribution in [3.63, 3.8) is 0 Å². The molecule has 1 aliphatic heterocycles. The third-order valence-electron chi connectivity index (χ3n) is 1.76. The predicted molar refractivity (Wildman–Crippen MR) is 61.1 cm³/mol. The second kappa shape index (κ2) is 4.97. The Morgan fingerprint density at radius 3 is 2.85 bits per heavy atom. The molecule has 1 nitrogen and oxygen atoms in total. The molecule has 0 aromatic heterocycles. The van der Waals surface area contributed by atoms with Gasteiger partial charge in [0.1, 0.15) is 0 Å². The number of allylic oxidation sites excluding steroid dienone is 5. The fourth-order valence-electron chi connectivity index (χ4n) is 0.936. The molecule has 0 atom stereocenters. The molecule has 0 aromatic rings. The Labute approximate surface area is 84.3 Å². The van der Waals surface area contributed by atoms with Gasteiger partial charge < -0.3 is 5.32 Å². The summed E-state index contributed by atoms with van der Waals surface area (Å²) >= 11 is 1.76. The normalized spacial score (nSPS) is 18.2. The molecule has 0 radical (unpaired) electrons. The molecule has 1 N–H and O–H groups in total. The number of hydrogen-bond donors (Lipinski definition) is 1. The van der Waals surface area contributed by atoms with Gasteiger partial charge in [0.2, 0.25) is 0 Å². The van der Waals surface area contributed by atoms with Crippen LogP contribution in [0, 0.1) is 0 Å². The first-order chi connectivity index (χ1) is 6.24. The summed E-state index contributed by atoms with van der Waals surface area (Å²) in [6.07, 6.45) is 8.22. The van der Waals surface area contributed by atoms with Crippen molar-refractivity contribution in [2.45, 2.75) is 20.8 Å². The van der Waals surface area contributed by atoms with Crippen molar-refractivity contribution in [3.05, 3.63) is 46.0 Å². The van der Waals surface area contributed by atoms with Crippen LogP contribution in [0.2, 0.25) is 0 Å². The minimum absolute atomic E-state index is 1.19. The number of hydrogen-bond acceptors (Lipinski definition) is 2. The van der Waals surface area contributed by atoms with E-state index in [0.29, 0.717) is 0 Å². The average Bonchev–Trinajstić information content (AvgIpc) is 2.15. The fraction of sp³-hybridized carbons (Fsp3) is 0.273. The summed E-state index contributed by atoms with van der Waals surface area (Å²) < 4.78 is 0. The maximum absolute atomic E-state index is 3.25. The average molecular weight is 193 g/mol. The first kappa shape index (κ1) is 10.2. The molecule has 0 saturated heterocycles. The van der Waals surface area contributed by atoms with E-state index in [0.717, 1.165) is 0 Å². The zero-order chi connectivity index (χ0) is 9.68. The van der Waals surface area contributed by atoms with Crippen LogP contribution in [-0.2, 0) is 0 Å². The molecule has 13 heavy (non-hydrogen) atoms. The smallest absolute Gasteiger partial charge is 0.0477 e. The Hall–Kier alpha value is -0.890. The van der Waals surface area contributed by atoms with E-state index in [2.05, 4.69) is 30.6 Å². The second-order valence-corrected chi connectivity index (χ2v) is 4.04. The van der Waals surface area contributed by atoms with Crippen LogP contribution in [0.5, 0.6) is 0 Å². The predicted octanol–water partition coefficient (Wildman–Crippen LogP) is 3.55. The van der Waals surface area contributed by atoms with E-state index in [1.165, 1.54) is 16.2 Å².